The number of nitrogens with one attached hydrogen (secondary N) is 1. The molecule has 0 aliphatic carbocycles. The molecule has 2 nitrogen and oxygen atoms in total. The van der Waals surface area contributed by atoms with Gasteiger partial charge < -0.3 is 0 Å². The van der Waals surface area contributed by atoms with E-state index in [1.807, 2.05) is 30.5 Å². The van der Waals surface area contributed by atoms with E-state index >= 15 is 0 Å². The molecule has 0 aliphatic rings. The minimum Gasteiger partial charge on any atom is -0.271 e. The Balaban J connectivity index is 2.56. The zero-order chi connectivity index (χ0) is 14.7. The second-order valence-corrected chi connectivity index (χ2v) is 5.29. The number of thioether (sulfide) groups is 1. The van der Waals surface area contributed by atoms with Crippen LogP contribution in [0.25, 0.3) is 0 Å². The fourth-order valence-corrected chi connectivity index (χ4v) is 2.77. The highest BCUT2D eigenvalue weighted by molar-refractivity contribution is 7.98. The summed E-state index contributed by atoms with van der Waals surface area (Å²) in [5, 5.41) is 0. The van der Waals surface area contributed by atoms with Crippen molar-refractivity contribution >= 4 is 11.8 Å². The van der Waals surface area contributed by atoms with Crippen LogP contribution in [0.4, 0.5) is 8.78 Å². The molecule has 2 aromatic rings. The van der Waals surface area contributed by atoms with E-state index in [1.165, 1.54) is 18.7 Å². The van der Waals surface area contributed by atoms with E-state index in [4.69, 9.17) is 5.84 Å². The standard InChI is InChI=1S/C15H16F2N2S/c1-9-7-8-11(14(17)13(9)16)15(19-18)10-5-3-4-6-12(10)20-2/h3-8,15,19H,18H2,1-2H3. The molecule has 1 unspecified atom stereocenters. The molecule has 0 heterocycles. The fourth-order valence-electron chi connectivity index (χ4n) is 2.14. The fraction of sp³-hybridized carbons (Fsp3) is 0.200. The normalized spacial score (nSPS) is 12.4. The molecule has 0 saturated heterocycles. The second-order valence-electron chi connectivity index (χ2n) is 4.44. The Kier molecular flexibility index (Phi) is 4.75. The number of hydrazine groups is 1. The summed E-state index contributed by atoms with van der Waals surface area (Å²) in [6, 6.07) is 10.1. The Morgan fingerprint density at radius 2 is 1.75 bits per heavy atom. The lowest BCUT2D eigenvalue weighted by atomic mass is 9.97. The predicted octanol–water partition coefficient (Wildman–Crippen LogP) is 3.55. The maximum Gasteiger partial charge on any atom is 0.164 e. The summed E-state index contributed by atoms with van der Waals surface area (Å²) < 4.78 is 27.9. The number of aryl methyl sites for hydroxylation is 1. The van der Waals surface area contributed by atoms with E-state index in [1.54, 1.807) is 12.1 Å². The third kappa shape index (κ3) is 2.70. The van der Waals surface area contributed by atoms with Gasteiger partial charge in [-0.05, 0) is 30.4 Å². The molecule has 2 aromatic carbocycles. The first kappa shape index (κ1) is 15.0. The lowest BCUT2D eigenvalue weighted by Gasteiger charge is -2.20. The Bertz CT molecular complexity index is 617. The molecule has 1 atom stereocenters. The average molecular weight is 294 g/mol. The zero-order valence-corrected chi connectivity index (χ0v) is 12.1. The van der Waals surface area contributed by atoms with Crippen molar-refractivity contribution in [3.63, 3.8) is 0 Å². The molecule has 0 aliphatic heterocycles. The van der Waals surface area contributed by atoms with Crippen molar-refractivity contribution in [1.82, 2.24) is 5.43 Å². The molecule has 0 radical (unpaired) electrons. The maximum absolute atomic E-state index is 14.1. The monoisotopic (exact) mass is 294 g/mol. The number of rotatable bonds is 4. The SMILES string of the molecule is CSc1ccccc1C(NN)c1ccc(C)c(F)c1F. The number of nitrogens with two attached hydrogens (primary N) is 1. The number of benzene rings is 2. The van der Waals surface area contributed by atoms with Crippen LogP contribution in [0, 0.1) is 18.6 Å². The molecule has 0 spiro atoms. The van der Waals surface area contributed by atoms with E-state index in [9.17, 15) is 8.78 Å². The molecule has 0 amide bonds. The van der Waals surface area contributed by atoms with Gasteiger partial charge in [0.1, 0.15) is 0 Å². The van der Waals surface area contributed by atoms with Crippen molar-refractivity contribution in [2.75, 3.05) is 6.26 Å². The highest BCUT2D eigenvalue weighted by Crippen LogP contribution is 2.32. The third-order valence-corrected chi connectivity index (χ3v) is 4.04. The smallest absolute Gasteiger partial charge is 0.164 e. The molecular weight excluding hydrogens is 278 g/mol. The van der Waals surface area contributed by atoms with Crippen LogP contribution in [-0.4, -0.2) is 6.26 Å². The van der Waals surface area contributed by atoms with Crippen molar-refractivity contribution in [3.8, 4) is 0 Å². The molecular formula is C15H16F2N2S. The van der Waals surface area contributed by atoms with E-state index < -0.39 is 17.7 Å². The molecule has 20 heavy (non-hydrogen) atoms. The summed E-state index contributed by atoms with van der Waals surface area (Å²) in [6.45, 7) is 1.53. The molecule has 0 fully saturated rings. The van der Waals surface area contributed by atoms with Crippen LogP contribution in [0.15, 0.2) is 41.3 Å². The highest BCUT2D eigenvalue weighted by atomic mass is 32.2. The Morgan fingerprint density at radius 3 is 2.40 bits per heavy atom. The quantitative estimate of drug-likeness (QED) is 0.514. The average Bonchev–Trinajstić information content (AvgIpc) is 2.48. The predicted molar refractivity (Wildman–Crippen MR) is 78.5 cm³/mol. The molecule has 106 valence electrons. The highest BCUT2D eigenvalue weighted by Gasteiger charge is 2.22. The molecule has 0 aromatic heterocycles. The molecule has 0 saturated carbocycles. The first-order valence-corrected chi connectivity index (χ1v) is 7.36. The summed E-state index contributed by atoms with van der Waals surface area (Å²) in [5.74, 6) is 3.88. The van der Waals surface area contributed by atoms with Crippen molar-refractivity contribution in [1.29, 1.82) is 0 Å². The first-order chi connectivity index (χ1) is 9.60. The summed E-state index contributed by atoms with van der Waals surface area (Å²) in [6.07, 6.45) is 1.93. The van der Waals surface area contributed by atoms with Gasteiger partial charge in [0.25, 0.3) is 0 Å². The van der Waals surface area contributed by atoms with Gasteiger partial charge in [0.2, 0.25) is 0 Å². The van der Waals surface area contributed by atoms with Crippen LogP contribution in [-0.2, 0) is 0 Å². The van der Waals surface area contributed by atoms with Crippen LogP contribution in [0.3, 0.4) is 0 Å². The van der Waals surface area contributed by atoms with Gasteiger partial charge in [-0.2, -0.15) is 0 Å². The van der Waals surface area contributed by atoms with Crippen LogP contribution in [0.2, 0.25) is 0 Å². The van der Waals surface area contributed by atoms with Crippen molar-refractivity contribution in [2.24, 2.45) is 5.84 Å². The van der Waals surface area contributed by atoms with Gasteiger partial charge in [0.15, 0.2) is 11.6 Å². The third-order valence-electron chi connectivity index (χ3n) is 3.23. The maximum atomic E-state index is 14.1. The van der Waals surface area contributed by atoms with Crippen molar-refractivity contribution in [3.05, 3.63) is 64.7 Å². The lowest BCUT2D eigenvalue weighted by molar-refractivity contribution is 0.477. The molecule has 2 rings (SSSR count). The Labute approximate surface area is 121 Å². The van der Waals surface area contributed by atoms with E-state index in [0.29, 0.717) is 0 Å². The number of hydrogen-bond donors (Lipinski definition) is 2. The van der Waals surface area contributed by atoms with Crippen LogP contribution in [0.1, 0.15) is 22.7 Å². The first-order valence-electron chi connectivity index (χ1n) is 6.13. The minimum atomic E-state index is -0.858. The van der Waals surface area contributed by atoms with Gasteiger partial charge in [-0.15, -0.1) is 11.8 Å². The van der Waals surface area contributed by atoms with Crippen LogP contribution < -0.4 is 11.3 Å². The number of halogens is 2. The Morgan fingerprint density at radius 1 is 1.05 bits per heavy atom. The van der Waals surface area contributed by atoms with E-state index in [2.05, 4.69) is 5.43 Å². The second kappa shape index (κ2) is 6.35. The van der Waals surface area contributed by atoms with Gasteiger partial charge in [0, 0.05) is 10.5 Å². The van der Waals surface area contributed by atoms with Gasteiger partial charge in [0.05, 0.1) is 6.04 Å². The van der Waals surface area contributed by atoms with Gasteiger partial charge in [-0.1, -0.05) is 30.3 Å². The van der Waals surface area contributed by atoms with Gasteiger partial charge in [-0.25, -0.2) is 14.2 Å². The lowest BCUT2D eigenvalue weighted by Crippen LogP contribution is -2.30. The molecule has 0 bridgehead atoms. The summed E-state index contributed by atoms with van der Waals surface area (Å²) in [4.78, 5) is 0.968. The zero-order valence-electron chi connectivity index (χ0n) is 11.3. The minimum absolute atomic E-state index is 0.206. The van der Waals surface area contributed by atoms with Crippen molar-refractivity contribution < 1.29 is 8.78 Å². The van der Waals surface area contributed by atoms with Crippen LogP contribution in [0.5, 0.6) is 0 Å². The molecule has 3 N–H and O–H groups in total. The summed E-state index contributed by atoms with van der Waals surface area (Å²) in [5.41, 5.74) is 3.88. The van der Waals surface area contributed by atoms with Crippen LogP contribution >= 0.6 is 11.8 Å². The number of hydrogen-bond acceptors (Lipinski definition) is 3. The Hall–Kier alpha value is -1.43. The summed E-state index contributed by atoms with van der Waals surface area (Å²) in [7, 11) is 0. The van der Waals surface area contributed by atoms with Gasteiger partial charge >= 0.3 is 0 Å². The topological polar surface area (TPSA) is 38.0 Å². The van der Waals surface area contributed by atoms with Crippen molar-refractivity contribution in [2.45, 2.75) is 17.9 Å². The largest absolute Gasteiger partial charge is 0.271 e. The van der Waals surface area contributed by atoms with E-state index in [-0.39, 0.29) is 11.1 Å². The molecule has 5 heteroatoms. The van der Waals surface area contributed by atoms with E-state index in [0.717, 1.165) is 10.5 Å². The summed E-state index contributed by atoms with van der Waals surface area (Å²) >= 11 is 1.54. The van der Waals surface area contributed by atoms with Gasteiger partial charge in [-0.3, -0.25) is 5.84 Å².